The second kappa shape index (κ2) is 5.95. The summed E-state index contributed by atoms with van der Waals surface area (Å²) in [4.78, 5) is 0. The van der Waals surface area contributed by atoms with E-state index in [1.807, 2.05) is 30.3 Å². The normalized spacial score (nSPS) is 10.9. The Kier molecular flexibility index (Phi) is 4.29. The lowest BCUT2D eigenvalue weighted by atomic mass is 10.0. The fourth-order valence-electron chi connectivity index (χ4n) is 1.65. The van der Waals surface area contributed by atoms with Crippen molar-refractivity contribution in [2.45, 2.75) is 0 Å². The van der Waals surface area contributed by atoms with Gasteiger partial charge in [-0.1, -0.05) is 54.1 Å². The summed E-state index contributed by atoms with van der Waals surface area (Å²) in [6, 6.07) is 16.3. The zero-order valence-electron chi connectivity index (χ0n) is 9.31. The van der Waals surface area contributed by atoms with Crippen molar-refractivity contribution in [2.24, 2.45) is 0 Å². The number of thiol groups is 1. The summed E-state index contributed by atoms with van der Waals surface area (Å²) in [7, 11) is 0. The lowest BCUT2D eigenvalue weighted by Crippen LogP contribution is -1.79. The Morgan fingerprint density at radius 3 is 2.47 bits per heavy atom. The van der Waals surface area contributed by atoms with E-state index in [1.54, 1.807) is 0 Å². The minimum Gasteiger partial charge on any atom is -0.175 e. The molecule has 0 radical (unpaired) electrons. The van der Waals surface area contributed by atoms with E-state index in [0.29, 0.717) is 0 Å². The number of hydrogen-bond acceptors (Lipinski definition) is 1. The molecule has 0 unspecified atom stereocenters. The topological polar surface area (TPSA) is 0 Å². The first-order chi connectivity index (χ1) is 8.29. The highest BCUT2D eigenvalue weighted by Gasteiger charge is 1.97. The van der Waals surface area contributed by atoms with Gasteiger partial charge in [0.2, 0.25) is 0 Å². The Balaban J connectivity index is 2.32. The standard InChI is InChI=1S/C15H13ClS/c16-15-8-6-13(7-9-15)14-5-1-3-12(11-14)4-2-10-17/h1-9,11,17H,10H2. The molecular formula is C15H13ClS. The van der Waals surface area contributed by atoms with Crippen LogP contribution in [0.5, 0.6) is 0 Å². The molecule has 0 spiro atoms. The van der Waals surface area contributed by atoms with Crippen molar-refractivity contribution >= 4 is 30.3 Å². The van der Waals surface area contributed by atoms with Gasteiger partial charge in [0.15, 0.2) is 0 Å². The van der Waals surface area contributed by atoms with Crippen LogP contribution in [-0.2, 0) is 0 Å². The predicted molar refractivity (Wildman–Crippen MR) is 79.8 cm³/mol. The van der Waals surface area contributed by atoms with Crippen LogP contribution in [0.4, 0.5) is 0 Å². The van der Waals surface area contributed by atoms with E-state index < -0.39 is 0 Å². The molecule has 2 rings (SSSR count). The highest BCUT2D eigenvalue weighted by molar-refractivity contribution is 7.80. The molecule has 2 aromatic carbocycles. The van der Waals surface area contributed by atoms with Crippen molar-refractivity contribution in [1.29, 1.82) is 0 Å². The number of benzene rings is 2. The van der Waals surface area contributed by atoms with Gasteiger partial charge >= 0.3 is 0 Å². The van der Waals surface area contributed by atoms with Crippen LogP contribution in [0.25, 0.3) is 17.2 Å². The van der Waals surface area contributed by atoms with Crippen molar-refractivity contribution in [3.63, 3.8) is 0 Å². The van der Waals surface area contributed by atoms with Crippen LogP contribution >= 0.6 is 24.2 Å². The zero-order chi connectivity index (χ0) is 12.1. The molecular weight excluding hydrogens is 248 g/mol. The van der Waals surface area contributed by atoms with Gasteiger partial charge in [0.25, 0.3) is 0 Å². The first kappa shape index (κ1) is 12.3. The lowest BCUT2D eigenvalue weighted by Gasteiger charge is -2.03. The molecule has 17 heavy (non-hydrogen) atoms. The first-order valence-corrected chi connectivity index (χ1v) is 6.44. The lowest BCUT2D eigenvalue weighted by molar-refractivity contribution is 1.59. The number of hydrogen-bond donors (Lipinski definition) is 1. The minimum atomic E-state index is 0.755. The van der Waals surface area contributed by atoms with Crippen molar-refractivity contribution in [1.82, 2.24) is 0 Å². The maximum atomic E-state index is 5.88. The van der Waals surface area contributed by atoms with Crippen LogP contribution in [0.3, 0.4) is 0 Å². The molecule has 0 N–H and O–H groups in total. The average molecular weight is 261 g/mol. The van der Waals surface area contributed by atoms with E-state index in [1.165, 1.54) is 16.7 Å². The van der Waals surface area contributed by atoms with Gasteiger partial charge in [-0.3, -0.25) is 0 Å². The molecule has 0 saturated heterocycles. The highest BCUT2D eigenvalue weighted by atomic mass is 35.5. The Morgan fingerprint density at radius 2 is 1.76 bits per heavy atom. The van der Waals surface area contributed by atoms with Gasteiger partial charge < -0.3 is 0 Å². The first-order valence-electron chi connectivity index (χ1n) is 5.43. The predicted octanol–water partition coefficient (Wildman–Crippen LogP) is 4.95. The summed E-state index contributed by atoms with van der Waals surface area (Å²) in [6.07, 6.45) is 4.11. The summed E-state index contributed by atoms with van der Waals surface area (Å²) in [5, 5.41) is 0.764. The van der Waals surface area contributed by atoms with Crippen molar-refractivity contribution in [3.05, 3.63) is 65.2 Å². The average Bonchev–Trinajstić information content (AvgIpc) is 2.37. The molecule has 0 saturated carbocycles. The molecule has 0 bridgehead atoms. The Hall–Kier alpha value is -1.18. The monoisotopic (exact) mass is 260 g/mol. The largest absolute Gasteiger partial charge is 0.175 e. The molecule has 0 nitrogen and oxygen atoms in total. The van der Waals surface area contributed by atoms with Gasteiger partial charge in [-0.05, 0) is 34.9 Å². The van der Waals surface area contributed by atoms with Gasteiger partial charge in [0.05, 0.1) is 0 Å². The van der Waals surface area contributed by atoms with Crippen molar-refractivity contribution < 1.29 is 0 Å². The van der Waals surface area contributed by atoms with Gasteiger partial charge in [0.1, 0.15) is 0 Å². The Bertz CT molecular complexity index is 515. The molecule has 2 heteroatoms. The maximum absolute atomic E-state index is 5.88. The number of rotatable bonds is 3. The fraction of sp³-hybridized carbons (Fsp3) is 0.0667. The van der Waals surface area contributed by atoms with Gasteiger partial charge in [-0.2, -0.15) is 12.6 Å². The second-order valence-corrected chi connectivity index (χ2v) is 4.52. The molecule has 2 aromatic rings. The van der Waals surface area contributed by atoms with E-state index >= 15 is 0 Å². The van der Waals surface area contributed by atoms with Crippen LogP contribution in [0.15, 0.2) is 54.6 Å². The third-order valence-corrected chi connectivity index (χ3v) is 2.94. The summed E-state index contributed by atoms with van der Waals surface area (Å²) >= 11 is 10.0. The summed E-state index contributed by atoms with van der Waals surface area (Å²) < 4.78 is 0. The van der Waals surface area contributed by atoms with E-state index in [2.05, 4.69) is 43.0 Å². The van der Waals surface area contributed by atoms with Crippen LogP contribution in [0.1, 0.15) is 5.56 Å². The van der Waals surface area contributed by atoms with E-state index in [-0.39, 0.29) is 0 Å². The fourth-order valence-corrected chi connectivity index (χ4v) is 1.88. The third kappa shape index (κ3) is 3.39. The molecule has 0 aliphatic carbocycles. The molecule has 0 aromatic heterocycles. The molecule has 0 aliphatic heterocycles. The maximum Gasteiger partial charge on any atom is 0.0406 e. The third-order valence-electron chi connectivity index (χ3n) is 2.48. The van der Waals surface area contributed by atoms with Gasteiger partial charge in [0, 0.05) is 10.8 Å². The molecule has 0 amide bonds. The summed E-state index contributed by atoms with van der Waals surface area (Å²) in [6.45, 7) is 0. The van der Waals surface area contributed by atoms with E-state index in [4.69, 9.17) is 11.6 Å². The van der Waals surface area contributed by atoms with Crippen molar-refractivity contribution in [3.8, 4) is 11.1 Å². The molecule has 0 heterocycles. The summed E-state index contributed by atoms with van der Waals surface area (Å²) in [5.74, 6) is 0.755. The molecule has 0 atom stereocenters. The second-order valence-electron chi connectivity index (χ2n) is 3.72. The smallest absolute Gasteiger partial charge is 0.0406 e. The minimum absolute atomic E-state index is 0.755. The summed E-state index contributed by atoms with van der Waals surface area (Å²) in [5.41, 5.74) is 3.56. The van der Waals surface area contributed by atoms with Crippen LogP contribution < -0.4 is 0 Å². The van der Waals surface area contributed by atoms with E-state index in [9.17, 15) is 0 Å². The molecule has 86 valence electrons. The van der Waals surface area contributed by atoms with Crippen LogP contribution in [-0.4, -0.2) is 5.75 Å². The Labute approximate surface area is 112 Å². The van der Waals surface area contributed by atoms with E-state index in [0.717, 1.165) is 10.8 Å². The van der Waals surface area contributed by atoms with Crippen molar-refractivity contribution in [2.75, 3.05) is 5.75 Å². The van der Waals surface area contributed by atoms with Crippen LogP contribution in [0.2, 0.25) is 5.02 Å². The Morgan fingerprint density at radius 1 is 1.00 bits per heavy atom. The van der Waals surface area contributed by atoms with Crippen LogP contribution in [0, 0.1) is 0 Å². The number of halogens is 1. The highest BCUT2D eigenvalue weighted by Crippen LogP contribution is 2.22. The van der Waals surface area contributed by atoms with Gasteiger partial charge in [-0.15, -0.1) is 0 Å². The molecule has 0 aliphatic rings. The SMILES string of the molecule is SCC=Cc1cccc(-c2ccc(Cl)cc2)c1. The quantitative estimate of drug-likeness (QED) is 0.742. The van der Waals surface area contributed by atoms with Gasteiger partial charge in [-0.25, -0.2) is 0 Å². The molecule has 0 fully saturated rings. The zero-order valence-corrected chi connectivity index (χ0v) is 11.0.